The highest BCUT2D eigenvalue weighted by Gasteiger charge is 2.14. The molecular weight excluding hydrogens is 212 g/mol. The Morgan fingerprint density at radius 3 is 2.69 bits per heavy atom. The third-order valence-electron chi connectivity index (χ3n) is 1.82. The highest BCUT2D eigenvalue weighted by atomic mass is 16.5. The first-order valence-electron chi connectivity index (χ1n) is 4.64. The van der Waals surface area contributed by atoms with Crippen LogP contribution in [0, 0.1) is 0 Å². The summed E-state index contributed by atoms with van der Waals surface area (Å²) in [5.74, 6) is -1.11. The molecule has 0 saturated heterocycles. The van der Waals surface area contributed by atoms with Crippen molar-refractivity contribution >= 4 is 12.1 Å². The Hall–Kier alpha value is -2.11. The third kappa shape index (κ3) is 3.95. The zero-order valence-electron chi connectivity index (χ0n) is 8.71. The number of alkyl carbamates (subject to hydrolysis) is 1. The zero-order valence-corrected chi connectivity index (χ0v) is 8.71. The molecule has 0 aliphatic heterocycles. The Kier molecular flexibility index (Phi) is 4.26. The van der Waals surface area contributed by atoms with Crippen LogP contribution in [0.15, 0.2) is 24.5 Å². The van der Waals surface area contributed by atoms with Crippen molar-refractivity contribution in [2.24, 2.45) is 0 Å². The molecule has 86 valence electrons. The van der Waals surface area contributed by atoms with Crippen LogP contribution < -0.4 is 5.32 Å². The fourth-order valence-corrected chi connectivity index (χ4v) is 0.908. The standard InChI is InChI=1S/C10H12N2O4/c1-7(9(13)14)12-10(15)16-6-8-2-4-11-5-3-8/h2-5,7H,6H2,1H3,(H,12,15)(H,13,14)/t7-/m1/s1. The molecule has 6 nitrogen and oxygen atoms in total. The number of carbonyl (C=O) groups excluding carboxylic acids is 1. The van der Waals surface area contributed by atoms with Crippen LogP contribution in [0.1, 0.15) is 12.5 Å². The lowest BCUT2D eigenvalue weighted by atomic mass is 10.3. The summed E-state index contributed by atoms with van der Waals surface area (Å²) in [7, 11) is 0. The quantitative estimate of drug-likeness (QED) is 0.789. The van der Waals surface area contributed by atoms with Crippen molar-refractivity contribution in [3.05, 3.63) is 30.1 Å². The van der Waals surface area contributed by atoms with Crippen molar-refractivity contribution in [3.63, 3.8) is 0 Å². The second-order valence-corrected chi connectivity index (χ2v) is 3.14. The molecule has 1 heterocycles. The minimum Gasteiger partial charge on any atom is -0.480 e. The Morgan fingerprint density at radius 2 is 2.12 bits per heavy atom. The van der Waals surface area contributed by atoms with Gasteiger partial charge in [-0.05, 0) is 24.6 Å². The van der Waals surface area contributed by atoms with E-state index in [0.29, 0.717) is 0 Å². The molecule has 1 amide bonds. The Labute approximate surface area is 92.3 Å². The van der Waals surface area contributed by atoms with Gasteiger partial charge in [-0.2, -0.15) is 0 Å². The van der Waals surface area contributed by atoms with Crippen LogP contribution in [0.4, 0.5) is 4.79 Å². The number of nitrogens with zero attached hydrogens (tertiary/aromatic N) is 1. The number of carboxylic acid groups (broad SMARTS) is 1. The van der Waals surface area contributed by atoms with E-state index < -0.39 is 18.1 Å². The SMILES string of the molecule is C[C@@H](NC(=O)OCc1ccncc1)C(=O)O. The van der Waals surface area contributed by atoms with E-state index in [1.54, 1.807) is 24.5 Å². The molecule has 1 atom stereocenters. The second kappa shape index (κ2) is 5.69. The van der Waals surface area contributed by atoms with Gasteiger partial charge in [0.2, 0.25) is 0 Å². The number of rotatable bonds is 4. The molecule has 0 unspecified atom stereocenters. The van der Waals surface area contributed by atoms with Crippen molar-refractivity contribution in [1.29, 1.82) is 0 Å². The fourth-order valence-electron chi connectivity index (χ4n) is 0.908. The van der Waals surface area contributed by atoms with Gasteiger partial charge in [0.25, 0.3) is 0 Å². The molecular formula is C10H12N2O4. The van der Waals surface area contributed by atoms with Crippen molar-refractivity contribution in [1.82, 2.24) is 10.3 Å². The normalized spacial score (nSPS) is 11.6. The molecule has 0 aliphatic carbocycles. The Bertz CT molecular complexity index is 366. The van der Waals surface area contributed by atoms with Gasteiger partial charge >= 0.3 is 12.1 Å². The first kappa shape index (κ1) is 12.0. The average Bonchev–Trinajstić information content (AvgIpc) is 2.27. The van der Waals surface area contributed by atoms with E-state index >= 15 is 0 Å². The monoisotopic (exact) mass is 224 g/mol. The molecule has 0 bridgehead atoms. The maximum atomic E-state index is 11.1. The maximum Gasteiger partial charge on any atom is 0.408 e. The number of hydrogen-bond acceptors (Lipinski definition) is 4. The van der Waals surface area contributed by atoms with E-state index in [0.717, 1.165) is 5.56 Å². The largest absolute Gasteiger partial charge is 0.480 e. The third-order valence-corrected chi connectivity index (χ3v) is 1.82. The van der Waals surface area contributed by atoms with Crippen LogP contribution in [0.2, 0.25) is 0 Å². The Balaban J connectivity index is 2.33. The zero-order chi connectivity index (χ0) is 12.0. The molecule has 1 aromatic heterocycles. The summed E-state index contributed by atoms with van der Waals surface area (Å²) < 4.78 is 4.81. The number of ether oxygens (including phenoxy) is 1. The number of carbonyl (C=O) groups is 2. The van der Waals surface area contributed by atoms with Gasteiger partial charge in [0.1, 0.15) is 12.6 Å². The minimum atomic E-state index is -1.11. The van der Waals surface area contributed by atoms with E-state index in [1.165, 1.54) is 6.92 Å². The molecule has 0 aromatic carbocycles. The van der Waals surface area contributed by atoms with Crippen LogP contribution in [0.5, 0.6) is 0 Å². The number of hydrogen-bond donors (Lipinski definition) is 2. The molecule has 16 heavy (non-hydrogen) atoms. The molecule has 0 saturated carbocycles. The second-order valence-electron chi connectivity index (χ2n) is 3.14. The van der Waals surface area contributed by atoms with Crippen LogP contribution in [0.25, 0.3) is 0 Å². The van der Waals surface area contributed by atoms with Gasteiger partial charge in [-0.3, -0.25) is 9.78 Å². The van der Waals surface area contributed by atoms with Crippen LogP contribution >= 0.6 is 0 Å². The summed E-state index contributed by atoms with van der Waals surface area (Å²) in [6, 6.07) is 2.44. The molecule has 1 aromatic rings. The number of aromatic nitrogens is 1. The van der Waals surface area contributed by atoms with Crippen molar-refractivity contribution in [3.8, 4) is 0 Å². The summed E-state index contributed by atoms with van der Waals surface area (Å²) in [4.78, 5) is 25.4. The smallest absolute Gasteiger partial charge is 0.408 e. The number of amides is 1. The van der Waals surface area contributed by atoms with Gasteiger partial charge < -0.3 is 15.2 Å². The van der Waals surface area contributed by atoms with Crippen molar-refractivity contribution < 1.29 is 19.4 Å². The van der Waals surface area contributed by atoms with Gasteiger partial charge in [-0.25, -0.2) is 4.79 Å². The van der Waals surface area contributed by atoms with E-state index in [2.05, 4.69) is 10.3 Å². The van der Waals surface area contributed by atoms with E-state index in [-0.39, 0.29) is 6.61 Å². The summed E-state index contributed by atoms with van der Waals surface area (Å²) in [5.41, 5.74) is 0.785. The molecule has 0 aliphatic rings. The number of pyridine rings is 1. The number of carboxylic acids is 1. The first-order chi connectivity index (χ1) is 7.59. The predicted octanol–water partition coefficient (Wildman–Crippen LogP) is 0.781. The lowest BCUT2D eigenvalue weighted by Crippen LogP contribution is -2.38. The molecule has 6 heteroatoms. The molecule has 0 spiro atoms. The fraction of sp³-hybridized carbons (Fsp3) is 0.300. The summed E-state index contributed by atoms with van der Waals surface area (Å²) in [6.07, 6.45) is 2.40. The van der Waals surface area contributed by atoms with Crippen molar-refractivity contribution in [2.45, 2.75) is 19.6 Å². The summed E-state index contributed by atoms with van der Waals surface area (Å²) >= 11 is 0. The van der Waals surface area contributed by atoms with Gasteiger partial charge in [-0.1, -0.05) is 0 Å². The van der Waals surface area contributed by atoms with Gasteiger partial charge in [0, 0.05) is 12.4 Å². The van der Waals surface area contributed by atoms with Crippen molar-refractivity contribution in [2.75, 3.05) is 0 Å². The van der Waals surface area contributed by atoms with Crippen LogP contribution in [0.3, 0.4) is 0 Å². The highest BCUT2D eigenvalue weighted by Crippen LogP contribution is 1.98. The lowest BCUT2D eigenvalue weighted by molar-refractivity contribution is -0.138. The molecule has 1 rings (SSSR count). The maximum absolute atomic E-state index is 11.1. The average molecular weight is 224 g/mol. The van der Waals surface area contributed by atoms with Gasteiger partial charge in [-0.15, -0.1) is 0 Å². The molecule has 2 N–H and O–H groups in total. The van der Waals surface area contributed by atoms with Crippen LogP contribution in [-0.4, -0.2) is 28.2 Å². The first-order valence-corrected chi connectivity index (χ1v) is 4.64. The Morgan fingerprint density at radius 1 is 1.50 bits per heavy atom. The molecule has 0 radical (unpaired) electrons. The van der Waals surface area contributed by atoms with E-state index in [1.807, 2.05) is 0 Å². The van der Waals surface area contributed by atoms with Crippen LogP contribution in [-0.2, 0) is 16.1 Å². The molecule has 0 fully saturated rings. The van der Waals surface area contributed by atoms with Gasteiger partial charge in [0.05, 0.1) is 0 Å². The van der Waals surface area contributed by atoms with E-state index in [9.17, 15) is 9.59 Å². The summed E-state index contributed by atoms with van der Waals surface area (Å²) in [6.45, 7) is 1.44. The van der Waals surface area contributed by atoms with Gasteiger partial charge in [0.15, 0.2) is 0 Å². The number of nitrogens with one attached hydrogen (secondary N) is 1. The lowest BCUT2D eigenvalue weighted by Gasteiger charge is -2.09. The summed E-state index contributed by atoms with van der Waals surface area (Å²) in [5, 5.41) is 10.7. The van der Waals surface area contributed by atoms with E-state index in [4.69, 9.17) is 9.84 Å². The predicted molar refractivity (Wildman–Crippen MR) is 54.7 cm³/mol. The minimum absolute atomic E-state index is 0.0840. The highest BCUT2D eigenvalue weighted by molar-refractivity contribution is 5.79. The number of aliphatic carboxylic acids is 1. The topological polar surface area (TPSA) is 88.5 Å².